The van der Waals surface area contributed by atoms with Gasteiger partial charge in [0.25, 0.3) is 5.91 Å². The third-order valence-electron chi connectivity index (χ3n) is 3.76. The lowest BCUT2D eigenvalue weighted by Crippen LogP contribution is -2.39. The van der Waals surface area contributed by atoms with Crippen LogP contribution in [0.1, 0.15) is 32.8 Å². The van der Waals surface area contributed by atoms with Gasteiger partial charge in [-0.25, -0.2) is 4.79 Å². The second-order valence-corrected chi connectivity index (χ2v) is 7.86. The monoisotopic (exact) mass is 549 g/mol. The SMILES string of the molecule is CN=C(NCCCNC(=O)OC(C)(C)C)NCc1cccc(OCC(=O)N(C)C)c1.I. The molecule has 0 atom stereocenters. The third-order valence-corrected chi connectivity index (χ3v) is 3.76. The second kappa shape index (κ2) is 14.7. The second-order valence-electron chi connectivity index (χ2n) is 7.86. The zero-order valence-corrected chi connectivity index (χ0v) is 21.6. The Bertz CT molecular complexity index is 720. The Morgan fingerprint density at radius 1 is 1.10 bits per heavy atom. The fourth-order valence-electron chi connectivity index (χ4n) is 2.23. The quantitative estimate of drug-likeness (QED) is 0.189. The standard InChI is InChI=1S/C21H35N5O4.HI/c1-21(2,3)30-20(28)24-12-8-11-23-19(22-4)25-14-16-9-7-10-17(13-16)29-15-18(27)26(5)6;/h7,9-10,13H,8,11-12,14-15H2,1-6H3,(H,24,28)(H2,22,23,25);1H. The highest BCUT2D eigenvalue weighted by Crippen LogP contribution is 2.13. The van der Waals surface area contributed by atoms with Gasteiger partial charge in [0.15, 0.2) is 12.6 Å². The van der Waals surface area contributed by atoms with Crippen LogP contribution < -0.4 is 20.7 Å². The molecule has 0 aromatic heterocycles. The van der Waals surface area contributed by atoms with Crippen LogP contribution in [0.15, 0.2) is 29.3 Å². The number of nitrogens with one attached hydrogen (secondary N) is 3. The summed E-state index contributed by atoms with van der Waals surface area (Å²) in [6, 6.07) is 7.54. The topological polar surface area (TPSA) is 104 Å². The number of alkyl carbamates (subject to hydrolysis) is 1. The average Bonchev–Trinajstić information content (AvgIpc) is 2.67. The molecule has 0 saturated carbocycles. The summed E-state index contributed by atoms with van der Waals surface area (Å²) in [4.78, 5) is 28.9. The highest BCUT2D eigenvalue weighted by atomic mass is 127. The first-order valence-corrected chi connectivity index (χ1v) is 9.94. The molecule has 0 spiro atoms. The van der Waals surface area contributed by atoms with E-state index in [0.717, 1.165) is 12.0 Å². The lowest BCUT2D eigenvalue weighted by atomic mass is 10.2. The molecule has 10 heteroatoms. The summed E-state index contributed by atoms with van der Waals surface area (Å²) in [5.74, 6) is 1.20. The predicted octanol–water partition coefficient (Wildman–Crippen LogP) is 2.35. The Balaban J connectivity index is 0.00000900. The minimum atomic E-state index is -0.501. The molecule has 31 heavy (non-hydrogen) atoms. The van der Waals surface area contributed by atoms with Crippen molar-refractivity contribution in [2.75, 3.05) is 40.8 Å². The van der Waals surface area contributed by atoms with E-state index in [1.165, 1.54) is 4.90 Å². The average molecular weight is 549 g/mol. The van der Waals surface area contributed by atoms with Gasteiger partial charge in [-0.15, -0.1) is 24.0 Å². The van der Waals surface area contributed by atoms with Crippen LogP contribution in [0, 0.1) is 0 Å². The third kappa shape index (κ3) is 13.6. The summed E-state index contributed by atoms with van der Waals surface area (Å²) >= 11 is 0. The smallest absolute Gasteiger partial charge is 0.407 e. The fourth-order valence-corrected chi connectivity index (χ4v) is 2.23. The van der Waals surface area contributed by atoms with E-state index in [0.29, 0.717) is 31.3 Å². The van der Waals surface area contributed by atoms with E-state index in [4.69, 9.17) is 9.47 Å². The lowest BCUT2D eigenvalue weighted by Gasteiger charge is -2.19. The number of benzene rings is 1. The number of rotatable bonds is 9. The molecule has 1 aromatic carbocycles. The molecule has 0 aliphatic carbocycles. The number of carbonyl (C=O) groups is 2. The van der Waals surface area contributed by atoms with Crippen LogP contribution in [-0.4, -0.2) is 69.3 Å². The van der Waals surface area contributed by atoms with Gasteiger partial charge >= 0.3 is 6.09 Å². The largest absolute Gasteiger partial charge is 0.484 e. The Morgan fingerprint density at radius 2 is 1.77 bits per heavy atom. The van der Waals surface area contributed by atoms with Gasteiger partial charge in [-0.2, -0.15) is 0 Å². The maximum atomic E-state index is 11.6. The van der Waals surface area contributed by atoms with Crippen LogP contribution in [-0.2, 0) is 16.1 Å². The van der Waals surface area contributed by atoms with Crippen molar-refractivity contribution in [3.05, 3.63) is 29.8 Å². The molecule has 2 amide bonds. The van der Waals surface area contributed by atoms with E-state index in [9.17, 15) is 9.59 Å². The summed E-state index contributed by atoms with van der Waals surface area (Å²) in [6.45, 7) is 7.19. The molecule has 0 aliphatic rings. The number of guanidine groups is 1. The summed E-state index contributed by atoms with van der Waals surface area (Å²) in [6.07, 6.45) is 0.308. The van der Waals surface area contributed by atoms with Crippen molar-refractivity contribution < 1.29 is 19.1 Å². The minimum absolute atomic E-state index is 0. The summed E-state index contributed by atoms with van der Waals surface area (Å²) in [7, 11) is 5.08. The Morgan fingerprint density at radius 3 is 2.39 bits per heavy atom. The Kier molecular flexibility index (Phi) is 13.6. The van der Waals surface area contributed by atoms with Crippen LogP contribution in [0.5, 0.6) is 5.75 Å². The molecular formula is C21H36IN5O4. The van der Waals surface area contributed by atoms with E-state index in [-0.39, 0.29) is 36.5 Å². The minimum Gasteiger partial charge on any atom is -0.484 e. The van der Waals surface area contributed by atoms with Crippen molar-refractivity contribution in [1.29, 1.82) is 0 Å². The van der Waals surface area contributed by atoms with E-state index in [1.54, 1.807) is 21.1 Å². The van der Waals surface area contributed by atoms with Gasteiger partial charge in [-0.3, -0.25) is 9.79 Å². The van der Waals surface area contributed by atoms with Crippen molar-refractivity contribution in [2.45, 2.75) is 39.3 Å². The van der Waals surface area contributed by atoms with Gasteiger partial charge in [0.1, 0.15) is 11.4 Å². The molecule has 0 unspecified atom stereocenters. The van der Waals surface area contributed by atoms with E-state index >= 15 is 0 Å². The molecule has 176 valence electrons. The number of nitrogens with zero attached hydrogens (tertiary/aromatic N) is 2. The van der Waals surface area contributed by atoms with Crippen molar-refractivity contribution in [3.63, 3.8) is 0 Å². The number of carbonyl (C=O) groups excluding carboxylic acids is 2. The zero-order valence-electron chi connectivity index (χ0n) is 19.3. The highest BCUT2D eigenvalue weighted by molar-refractivity contribution is 14.0. The molecule has 3 N–H and O–H groups in total. The maximum absolute atomic E-state index is 11.6. The van der Waals surface area contributed by atoms with E-state index in [2.05, 4.69) is 20.9 Å². The van der Waals surface area contributed by atoms with E-state index in [1.807, 2.05) is 45.0 Å². The summed E-state index contributed by atoms with van der Waals surface area (Å²) < 4.78 is 10.7. The van der Waals surface area contributed by atoms with Gasteiger partial charge in [0.05, 0.1) is 0 Å². The lowest BCUT2D eigenvalue weighted by molar-refractivity contribution is -0.130. The van der Waals surface area contributed by atoms with Crippen LogP contribution in [0.4, 0.5) is 4.79 Å². The first-order chi connectivity index (χ1) is 14.1. The van der Waals surface area contributed by atoms with Gasteiger partial charge in [0.2, 0.25) is 0 Å². The molecule has 1 aromatic rings. The number of hydrogen-bond donors (Lipinski definition) is 3. The molecule has 0 saturated heterocycles. The van der Waals surface area contributed by atoms with Gasteiger partial charge in [-0.1, -0.05) is 12.1 Å². The van der Waals surface area contributed by atoms with Gasteiger partial charge < -0.3 is 30.3 Å². The predicted molar refractivity (Wildman–Crippen MR) is 133 cm³/mol. The summed E-state index contributed by atoms with van der Waals surface area (Å²) in [5.41, 5.74) is 0.498. The summed E-state index contributed by atoms with van der Waals surface area (Å²) in [5, 5.41) is 9.14. The van der Waals surface area contributed by atoms with Crippen molar-refractivity contribution in [2.24, 2.45) is 4.99 Å². The van der Waals surface area contributed by atoms with Crippen LogP contribution >= 0.6 is 24.0 Å². The molecule has 0 radical (unpaired) electrons. The highest BCUT2D eigenvalue weighted by Gasteiger charge is 2.15. The molecular weight excluding hydrogens is 513 g/mol. The fraction of sp³-hybridized carbons (Fsp3) is 0.571. The van der Waals surface area contributed by atoms with Crippen LogP contribution in [0.3, 0.4) is 0 Å². The first kappa shape index (κ1) is 28.8. The number of likely N-dealkylation sites (N-methyl/N-ethyl adjacent to an activating group) is 1. The molecule has 0 fully saturated rings. The van der Waals surface area contributed by atoms with Crippen LogP contribution in [0.25, 0.3) is 0 Å². The molecule has 1 rings (SSSR count). The molecule has 0 aliphatic heterocycles. The molecule has 0 bridgehead atoms. The number of ether oxygens (including phenoxy) is 2. The maximum Gasteiger partial charge on any atom is 0.407 e. The van der Waals surface area contributed by atoms with Gasteiger partial charge in [0, 0.05) is 40.8 Å². The zero-order chi connectivity index (χ0) is 22.6. The van der Waals surface area contributed by atoms with Crippen molar-refractivity contribution in [1.82, 2.24) is 20.9 Å². The number of aliphatic imine (C=N–C) groups is 1. The van der Waals surface area contributed by atoms with Gasteiger partial charge in [-0.05, 0) is 44.9 Å². The van der Waals surface area contributed by atoms with E-state index < -0.39 is 11.7 Å². The number of amides is 2. The first-order valence-electron chi connectivity index (χ1n) is 9.94. The van der Waals surface area contributed by atoms with Crippen molar-refractivity contribution >= 4 is 41.9 Å². The number of halogens is 1. The van der Waals surface area contributed by atoms with Crippen LogP contribution in [0.2, 0.25) is 0 Å². The molecule has 9 nitrogen and oxygen atoms in total. The molecule has 0 heterocycles. The Hall–Kier alpha value is -2.24. The Labute approximate surface area is 202 Å². The number of hydrogen-bond acceptors (Lipinski definition) is 5. The normalized spacial score (nSPS) is 11.1. The van der Waals surface area contributed by atoms with Crippen molar-refractivity contribution in [3.8, 4) is 5.75 Å².